The number of nitrogens with one attached hydrogen (secondary N) is 2. The van der Waals surface area contributed by atoms with Crippen molar-refractivity contribution in [2.45, 2.75) is 56.7 Å². The van der Waals surface area contributed by atoms with Crippen molar-refractivity contribution in [3.63, 3.8) is 0 Å². The first-order chi connectivity index (χ1) is 23.9. The number of piperidine rings is 1. The zero-order chi connectivity index (χ0) is 33.9. The Hall–Kier alpha value is -3.97. The summed E-state index contributed by atoms with van der Waals surface area (Å²) in [6.07, 6.45) is 8.69. The number of carbonyl (C=O) groups excluding carboxylic acids is 1. The summed E-state index contributed by atoms with van der Waals surface area (Å²) in [5.41, 5.74) is 2.71. The largest absolute Gasteiger partial charge is 0.494 e. The minimum absolute atomic E-state index is 0.0993. The lowest BCUT2D eigenvalue weighted by atomic mass is 10.0. The second-order valence-electron chi connectivity index (χ2n) is 13.2. The number of hydroxylamine groups is 1. The molecule has 4 fully saturated rings. The van der Waals surface area contributed by atoms with E-state index in [0.717, 1.165) is 50.7 Å². The van der Waals surface area contributed by atoms with Gasteiger partial charge in [-0.15, -0.1) is 0 Å². The zero-order valence-electron chi connectivity index (χ0n) is 27.9. The van der Waals surface area contributed by atoms with Gasteiger partial charge in [0.15, 0.2) is 5.82 Å². The Morgan fingerprint density at radius 3 is 2.45 bits per heavy atom. The van der Waals surface area contributed by atoms with Crippen LogP contribution in [0, 0.1) is 5.82 Å². The Morgan fingerprint density at radius 1 is 1.02 bits per heavy atom. The van der Waals surface area contributed by atoms with Crippen molar-refractivity contribution >= 4 is 46.2 Å². The predicted octanol–water partition coefficient (Wildman–Crippen LogP) is 5.65. The Kier molecular flexibility index (Phi) is 10.2. The lowest BCUT2D eigenvalue weighted by Crippen LogP contribution is -2.53. The highest BCUT2D eigenvalue weighted by Gasteiger charge is 2.34. The molecule has 1 amide bonds. The van der Waals surface area contributed by atoms with Crippen LogP contribution in [0.3, 0.4) is 0 Å². The summed E-state index contributed by atoms with van der Waals surface area (Å²) in [5.74, 6) is 0.940. The number of nitrogens with zero attached hydrogens (tertiary/aromatic N) is 6. The van der Waals surface area contributed by atoms with Gasteiger partial charge in [-0.05, 0) is 62.3 Å². The van der Waals surface area contributed by atoms with Crippen LogP contribution >= 0.6 is 11.6 Å². The quantitative estimate of drug-likeness (QED) is 0.246. The van der Waals surface area contributed by atoms with E-state index in [0.29, 0.717) is 59.8 Å². The van der Waals surface area contributed by atoms with Crippen LogP contribution in [0.1, 0.15) is 37.7 Å². The molecule has 11 nitrogen and oxygen atoms in total. The summed E-state index contributed by atoms with van der Waals surface area (Å²) < 4.78 is 20.6. The van der Waals surface area contributed by atoms with Crippen molar-refractivity contribution in [3.05, 3.63) is 71.8 Å². The number of hydrogen-bond acceptors (Lipinski definition) is 10. The maximum Gasteiger partial charge on any atom is 0.247 e. The third-order valence-corrected chi connectivity index (χ3v) is 10.4. The van der Waals surface area contributed by atoms with E-state index in [1.807, 2.05) is 12.1 Å². The molecule has 3 aromatic rings. The normalized spacial score (nSPS) is 20.8. The number of carbonyl (C=O) groups is 1. The van der Waals surface area contributed by atoms with Crippen molar-refractivity contribution < 1.29 is 18.8 Å². The molecule has 1 atom stereocenters. The molecule has 3 saturated heterocycles. The third-order valence-electron chi connectivity index (χ3n) is 10.1. The summed E-state index contributed by atoms with van der Waals surface area (Å²) in [5, 5.41) is 8.17. The number of methoxy groups -OCH3 is 1. The minimum atomic E-state index is -0.414. The maximum atomic E-state index is 14.7. The fraction of sp³-hybridized carbons (Fsp3) is 0.472. The molecule has 0 radical (unpaired) electrons. The summed E-state index contributed by atoms with van der Waals surface area (Å²) in [6, 6.07) is 11.9. The lowest BCUT2D eigenvalue weighted by molar-refractivity contribution is -0.111. The van der Waals surface area contributed by atoms with Gasteiger partial charge in [-0.2, -0.15) is 0 Å². The van der Waals surface area contributed by atoms with Crippen LogP contribution in [0.25, 0.3) is 0 Å². The van der Waals surface area contributed by atoms with E-state index in [4.69, 9.17) is 21.2 Å². The molecular weight excluding hydrogens is 647 g/mol. The van der Waals surface area contributed by atoms with Gasteiger partial charge < -0.3 is 20.3 Å². The van der Waals surface area contributed by atoms with Crippen LogP contribution in [-0.4, -0.2) is 96.8 Å². The van der Waals surface area contributed by atoms with Crippen molar-refractivity contribution in [3.8, 4) is 5.75 Å². The van der Waals surface area contributed by atoms with Crippen molar-refractivity contribution in [1.82, 2.24) is 19.8 Å². The van der Waals surface area contributed by atoms with Gasteiger partial charge >= 0.3 is 0 Å². The minimum Gasteiger partial charge on any atom is -0.494 e. The lowest BCUT2D eigenvalue weighted by Gasteiger charge is -2.43. The van der Waals surface area contributed by atoms with Crippen LogP contribution in [-0.2, 0) is 16.1 Å². The van der Waals surface area contributed by atoms with Gasteiger partial charge in [-0.3, -0.25) is 19.4 Å². The van der Waals surface area contributed by atoms with Crippen LogP contribution in [0.15, 0.2) is 55.4 Å². The summed E-state index contributed by atoms with van der Waals surface area (Å²) in [4.78, 5) is 35.1. The van der Waals surface area contributed by atoms with Gasteiger partial charge in [0, 0.05) is 63.5 Å². The molecule has 1 aliphatic carbocycles. The summed E-state index contributed by atoms with van der Waals surface area (Å²) in [6.45, 7) is 10.5. The molecule has 0 bridgehead atoms. The van der Waals surface area contributed by atoms with Gasteiger partial charge in [-0.1, -0.05) is 30.3 Å². The SMILES string of the molecule is C=CC(=O)Nc1cc(Nc2cc(N3OCCC3Cc3cccc(Cl)c3F)ncn2)c(OC)cc1N1CCC(N2CCN(C3CC3)CC2)CC1. The van der Waals surface area contributed by atoms with Crippen LogP contribution < -0.4 is 25.3 Å². The molecule has 4 aliphatic rings. The molecule has 260 valence electrons. The average Bonchev–Trinajstić information content (AvgIpc) is 3.88. The van der Waals surface area contributed by atoms with E-state index < -0.39 is 5.82 Å². The zero-order valence-corrected chi connectivity index (χ0v) is 28.7. The van der Waals surface area contributed by atoms with E-state index >= 15 is 0 Å². The molecule has 0 spiro atoms. The molecule has 7 rings (SSSR count). The summed E-state index contributed by atoms with van der Waals surface area (Å²) >= 11 is 6.03. The first-order valence-electron chi connectivity index (χ1n) is 17.2. The monoisotopic (exact) mass is 690 g/mol. The number of halogens is 2. The predicted molar refractivity (Wildman–Crippen MR) is 190 cm³/mol. The maximum absolute atomic E-state index is 14.7. The van der Waals surface area contributed by atoms with Gasteiger partial charge in [0.05, 0.1) is 41.8 Å². The van der Waals surface area contributed by atoms with E-state index in [-0.39, 0.29) is 17.0 Å². The van der Waals surface area contributed by atoms with Crippen molar-refractivity contribution in [2.24, 2.45) is 0 Å². The molecule has 2 aromatic carbocycles. The molecule has 2 N–H and O–H groups in total. The van der Waals surface area contributed by atoms with Gasteiger partial charge in [0.1, 0.15) is 23.7 Å². The van der Waals surface area contributed by atoms with E-state index in [9.17, 15) is 9.18 Å². The Balaban J connectivity index is 1.07. The average molecular weight is 691 g/mol. The van der Waals surface area contributed by atoms with Crippen molar-refractivity contribution in [2.75, 3.05) is 73.6 Å². The Bertz CT molecular complexity index is 1660. The first-order valence-corrected chi connectivity index (χ1v) is 17.6. The van der Waals surface area contributed by atoms with E-state index in [1.54, 1.807) is 36.4 Å². The Morgan fingerprint density at radius 2 is 1.76 bits per heavy atom. The van der Waals surface area contributed by atoms with E-state index in [2.05, 4.69) is 41.9 Å². The van der Waals surface area contributed by atoms with E-state index in [1.165, 1.54) is 38.3 Å². The van der Waals surface area contributed by atoms with Crippen LogP contribution in [0.4, 0.5) is 33.1 Å². The second kappa shape index (κ2) is 14.9. The fourth-order valence-electron chi connectivity index (χ4n) is 7.34. The molecule has 3 aliphatic heterocycles. The van der Waals surface area contributed by atoms with Crippen LogP contribution in [0.2, 0.25) is 5.02 Å². The number of benzene rings is 2. The summed E-state index contributed by atoms with van der Waals surface area (Å²) in [7, 11) is 1.63. The highest BCUT2D eigenvalue weighted by atomic mass is 35.5. The smallest absolute Gasteiger partial charge is 0.247 e. The van der Waals surface area contributed by atoms with Gasteiger partial charge in [-0.25, -0.2) is 19.4 Å². The number of amides is 1. The molecule has 1 unspecified atom stereocenters. The number of ether oxygens (including phenoxy) is 1. The molecule has 1 aromatic heterocycles. The van der Waals surface area contributed by atoms with Gasteiger partial charge in [0.2, 0.25) is 5.91 Å². The standard InChI is InChI=1S/C36H44ClFN8O3/c1-3-35(47)42-29-20-30(32(48-2)21-31(29)45-12-9-26(10-13-45)44-16-14-43(15-17-44)25-7-8-25)41-33-22-34(40-23-39-33)46-27(11-18-49-46)19-24-5-4-6-28(37)36(24)38/h3-6,20-23,25-27H,1,7-19H2,2H3,(H,42,47)(H,39,40,41). The topological polar surface area (TPSA) is 98.3 Å². The van der Waals surface area contributed by atoms with Gasteiger partial charge in [0.25, 0.3) is 0 Å². The molecule has 1 saturated carbocycles. The molecule has 4 heterocycles. The van der Waals surface area contributed by atoms with Crippen molar-refractivity contribution in [1.29, 1.82) is 0 Å². The highest BCUT2D eigenvalue weighted by Crippen LogP contribution is 2.40. The number of anilines is 5. The third kappa shape index (κ3) is 7.62. The second-order valence-corrected chi connectivity index (χ2v) is 13.6. The molecule has 49 heavy (non-hydrogen) atoms. The number of aromatic nitrogens is 2. The molecule has 13 heteroatoms. The highest BCUT2D eigenvalue weighted by molar-refractivity contribution is 6.30. The Labute approximate surface area is 292 Å². The number of hydrogen-bond donors (Lipinski definition) is 2. The number of piperazine rings is 1. The first kappa shape index (κ1) is 33.5. The fourth-order valence-corrected chi connectivity index (χ4v) is 7.54. The molecular formula is C36H44ClFN8O3. The van der Waals surface area contributed by atoms with Crippen LogP contribution in [0.5, 0.6) is 5.75 Å². The number of rotatable bonds is 11.